The minimum absolute atomic E-state index is 0.00442. The van der Waals surface area contributed by atoms with Gasteiger partial charge in [0.25, 0.3) is 0 Å². The third kappa shape index (κ3) is 3.70. The molecule has 5 nitrogen and oxygen atoms in total. The molecule has 2 aromatic heterocycles. The summed E-state index contributed by atoms with van der Waals surface area (Å²) in [6.07, 6.45) is -1.80. The monoisotopic (exact) mass is 304 g/mol. The van der Waals surface area contributed by atoms with Gasteiger partial charge >= 0.3 is 6.18 Å². The maximum Gasteiger partial charge on any atom is 0.397 e. The van der Waals surface area contributed by atoms with Gasteiger partial charge in [0.1, 0.15) is 6.42 Å². The Kier molecular flexibility index (Phi) is 3.93. The van der Waals surface area contributed by atoms with Gasteiger partial charge in [-0.1, -0.05) is 11.6 Å². The van der Waals surface area contributed by atoms with Gasteiger partial charge < -0.3 is 5.32 Å². The lowest BCUT2D eigenvalue weighted by atomic mass is 10.4. The van der Waals surface area contributed by atoms with E-state index in [1.807, 2.05) is 0 Å². The van der Waals surface area contributed by atoms with Crippen molar-refractivity contribution in [2.75, 3.05) is 5.32 Å². The van der Waals surface area contributed by atoms with E-state index in [0.717, 1.165) is 0 Å². The number of carbonyl (C=O) groups excluding carboxylic acids is 1. The molecule has 0 saturated heterocycles. The summed E-state index contributed by atoms with van der Waals surface area (Å²) in [5.41, 5.74) is 0.565. The lowest BCUT2D eigenvalue weighted by Gasteiger charge is -2.05. The molecule has 0 spiro atoms. The van der Waals surface area contributed by atoms with Crippen molar-refractivity contribution in [2.45, 2.75) is 12.6 Å². The average molecular weight is 305 g/mol. The summed E-state index contributed by atoms with van der Waals surface area (Å²) in [5, 5.41) is 5.83. The molecule has 1 amide bonds. The van der Waals surface area contributed by atoms with E-state index in [2.05, 4.69) is 15.4 Å². The molecule has 0 aliphatic carbocycles. The SMILES string of the molecule is O=C(CC(F)(F)F)Nc1cn(-c2cccnc2)nc1Cl. The summed E-state index contributed by atoms with van der Waals surface area (Å²) < 4.78 is 37.5. The molecule has 0 atom stereocenters. The molecule has 0 fully saturated rings. The van der Waals surface area contributed by atoms with Crippen molar-refractivity contribution in [2.24, 2.45) is 0 Å². The zero-order chi connectivity index (χ0) is 14.8. The zero-order valence-electron chi connectivity index (χ0n) is 9.86. The van der Waals surface area contributed by atoms with E-state index in [1.165, 1.54) is 17.1 Å². The van der Waals surface area contributed by atoms with Crippen molar-refractivity contribution in [3.63, 3.8) is 0 Å². The number of alkyl halides is 3. The first-order chi connectivity index (χ1) is 9.35. The molecule has 2 heterocycles. The average Bonchev–Trinajstić information content (AvgIpc) is 2.70. The Hall–Kier alpha value is -2.09. The van der Waals surface area contributed by atoms with E-state index in [4.69, 9.17) is 11.6 Å². The van der Waals surface area contributed by atoms with Gasteiger partial charge in [-0.2, -0.15) is 18.3 Å². The second kappa shape index (κ2) is 5.49. The van der Waals surface area contributed by atoms with E-state index in [1.54, 1.807) is 18.3 Å². The highest BCUT2D eigenvalue weighted by molar-refractivity contribution is 6.32. The Balaban J connectivity index is 2.15. The zero-order valence-corrected chi connectivity index (χ0v) is 10.6. The first kappa shape index (κ1) is 14.3. The van der Waals surface area contributed by atoms with Gasteiger partial charge in [-0.05, 0) is 12.1 Å². The van der Waals surface area contributed by atoms with Gasteiger partial charge in [-0.15, -0.1) is 0 Å². The lowest BCUT2D eigenvalue weighted by molar-refractivity contribution is -0.150. The molecule has 0 radical (unpaired) electrons. The lowest BCUT2D eigenvalue weighted by Crippen LogP contribution is -2.21. The highest BCUT2D eigenvalue weighted by Crippen LogP contribution is 2.24. The Morgan fingerprint density at radius 3 is 2.80 bits per heavy atom. The molecule has 0 saturated carbocycles. The fraction of sp³-hybridized carbons (Fsp3) is 0.182. The van der Waals surface area contributed by atoms with Crippen LogP contribution < -0.4 is 5.32 Å². The fourth-order valence-electron chi connectivity index (χ4n) is 1.43. The number of nitrogens with one attached hydrogen (secondary N) is 1. The van der Waals surface area contributed by atoms with Crippen LogP contribution in [0.4, 0.5) is 18.9 Å². The van der Waals surface area contributed by atoms with Crippen LogP contribution in [0.25, 0.3) is 5.69 Å². The molecule has 0 aromatic carbocycles. The fourth-order valence-corrected chi connectivity index (χ4v) is 1.61. The van der Waals surface area contributed by atoms with E-state index in [-0.39, 0.29) is 10.8 Å². The van der Waals surface area contributed by atoms with Crippen LogP contribution in [0.2, 0.25) is 5.15 Å². The highest BCUT2D eigenvalue weighted by atomic mass is 35.5. The predicted octanol–water partition coefficient (Wildman–Crippen LogP) is 2.81. The number of rotatable bonds is 3. The second-order valence-corrected chi connectivity index (χ2v) is 4.19. The van der Waals surface area contributed by atoms with Crippen molar-refractivity contribution in [1.29, 1.82) is 0 Å². The molecule has 106 valence electrons. The van der Waals surface area contributed by atoms with Crippen molar-refractivity contribution in [1.82, 2.24) is 14.8 Å². The van der Waals surface area contributed by atoms with Crippen molar-refractivity contribution in [3.05, 3.63) is 35.9 Å². The minimum atomic E-state index is -4.57. The van der Waals surface area contributed by atoms with E-state index < -0.39 is 18.5 Å². The topological polar surface area (TPSA) is 59.8 Å². The standard InChI is InChI=1S/C11H8ClF3N4O/c12-10-8(17-9(20)4-11(13,14)15)6-19(18-10)7-2-1-3-16-5-7/h1-3,5-6H,4H2,(H,17,20). The molecular weight excluding hydrogens is 297 g/mol. The number of pyridine rings is 1. The predicted molar refractivity (Wildman–Crippen MR) is 65.7 cm³/mol. The van der Waals surface area contributed by atoms with E-state index in [0.29, 0.717) is 5.69 Å². The number of hydrogen-bond donors (Lipinski definition) is 1. The van der Waals surface area contributed by atoms with Crippen molar-refractivity contribution >= 4 is 23.2 Å². The Morgan fingerprint density at radius 2 is 2.20 bits per heavy atom. The summed E-state index contributed by atoms with van der Waals surface area (Å²) in [7, 11) is 0. The number of carbonyl (C=O) groups is 1. The van der Waals surface area contributed by atoms with Gasteiger partial charge in [0.15, 0.2) is 5.15 Å². The summed E-state index contributed by atoms with van der Waals surface area (Å²) in [6, 6.07) is 3.34. The number of nitrogens with zero attached hydrogens (tertiary/aromatic N) is 3. The van der Waals surface area contributed by atoms with Crippen molar-refractivity contribution in [3.8, 4) is 5.69 Å². The van der Waals surface area contributed by atoms with Crippen LogP contribution in [0.5, 0.6) is 0 Å². The maximum atomic E-state index is 12.1. The Bertz CT molecular complexity index is 612. The van der Waals surface area contributed by atoms with Gasteiger partial charge in [-0.3, -0.25) is 9.78 Å². The third-order valence-corrected chi connectivity index (χ3v) is 2.49. The van der Waals surface area contributed by atoms with Crippen LogP contribution >= 0.6 is 11.6 Å². The quantitative estimate of drug-likeness (QED) is 0.948. The van der Waals surface area contributed by atoms with Crippen LogP contribution in [0, 0.1) is 0 Å². The second-order valence-electron chi connectivity index (χ2n) is 3.83. The smallest absolute Gasteiger partial charge is 0.322 e. The summed E-state index contributed by atoms with van der Waals surface area (Å²) in [6.45, 7) is 0. The molecule has 0 unspecified atom stereocenters. The number of halogens is 4. The van der Waals surface area contributed by atoms with E-state index in [9.17, 15) is 18.0 Å². The maximum absolute atomic E-state index is 12.1. The van der Waals surface area contributed by atoms with Crippen LogP contribution in [-0.2, 0) is 4.79 Å². The normalized spacial score (nSPS) is 11.4. The number of amides is 1. The minimum Gasteiger partial charge on any atom is -0.322 e. The first-order valence-corrected chi connectivity index (χ1v) is 5.75. The van der Waals surface area contributed by atoms with Crippen LogP contribution in [0.1, 0.15) is 6.42 Å². The molecule has 2 rings (SSSR count). The van der Waals surface area contributed by atoms with Gasteiger partial charge in [-0.25, -0.2) is 4.68 Å². The van der Waals surface area contributed by atoms with Gasteiger partial charge in [0.2, 0.25) is 5.91 Å². The van der Waals surface area contributed by atoms with E-state index >= 15 is 0 Å². The van der Waals surface area contributed by atoms with Crippen LogP contribution in [0.3, 0.4) is 0 Å². The molecule has 9 heteroatoms. The van der Waals surface area contributed by atoms with Crippen LogP contribution in [-0.4, -0.2) is 26.8 Å². The van der Waals surface area contributed by atoms with Crippen molar-refractivity contribution < 1.29 is 18.0 Å². The summed E-state index contributed by atoms with van der Waals surface area (Å²) in [4.78, 5) is 15.1. The highest BCUT2D eigenvalue weighted by Gasteiger charge is 2.31. The molecule has 1 N–H and O–H groups in total. The van der Waals surface area contributed by atoms with Gasteiger partial charge in [0.05, 0.1) is 23.8 Å². The first-order valence-electron chi connectivity index (χ1n) is 5.37. The Morgan fingerprint density at radius 1 is 1.45 bits per heavy atom. The molecule has 0 bridgehead atoms. The summed E-state index contributed by atoms with van der Waals surface area (Å²) >= 11 is 5.76. The largest absolute Gasteiger partial charge is 0.397 e. The van der Waals surface area contributed by atoms with Gasteiger partial charge in [0, 0.05) is 6.20 Å². The molecule has 0 aliphatic rings. The molecule has 2 aromatic rings. The molecular formula is C11H8ClF3N4O. The van der Waals surface area contributed by atoms with Crippen LogP contribution in [0.15, 0.2) is 30.7 Å². The number of hydrogen-bond acceptors (Lipinski definition) is 3. The Labute approximate surface area is 116 Å². The molecule has 20 heavy (non-hydrogen) atoms. The molecule has 0 aliphatic heterocycles. The number of anilines is 1. The number of aromatic nitrogens is 3. The third-order valence-electron chi connectivity index (χ3n) is 2.21. The summed E-state index contributed by atoms with van der Waals surface area (Å²) in [5.74, 6) is -1.20.